The van der Waals surface area contributed by atoms with Crippen LogP contribution in [-0.4, -0.2) is 53.0 Å². The zero-order valence-electron chi connectivity index (χ0n) is 19.8. The second kappa shape index (κ2) is 10.5. The van der Waals surface area contributed by atoms with Crippen LogP contribution in [0.1, 0.15) is 56.1 Å². The third-order valence-electron chi connectivity index (χ3n) is 7.29. The van der Waals surface area contributed by atoms with E-state index in [9.17, 15) is 19.5 Å². The molecule has 0 aromatic heterocycles. The average Bonchev–Trinajstić information content (AvgIpc) is 3.16. The van der Waals surface area contributed by atoms with Gasteiger partial charge >= 0.3 is 12.1 Å². The predicted octanol–water partition coefficient (Wildman–Crippen LogP) is 3.43. The molecule has 4 rings (SSSR count). The number of carboxylic acid groups (broad SMARTS) is 1. The molecule has 2 unspecified atom stereocenters. The summed E-state index contributed by atoms with van der Waals surface area (Å²) in [5.41, 5.74) is 3.65. The van der Waals surface area contributed by atoms with Gasteiger partial charge in [0.1, 0.15) is 12.6 Å². The van der Waals surface area contributed by atoms with E-state index in [1.165, 1.54) is 0 Å². The zero-order valence-corrected chi connectivity index (χ0v) is 19.8. The Bertz CT molecular complexity index is 1060. The van der Waals surface area contributed by atoms with Crippen LogP contribution >= 0.6 is 0 Å². The molecule has 2 aliphatic rings. The number of amides is 2. The third-order valence-corrected chi connectivity index (χ3v) is 7.29. The molecule has 8 nitrogen and oxygen atoms in total. The Hall–Kier alpha value is -3.39. The highest BCUT2D eigenvalue weighted by atomic mass is 16.5. The molecule has 0 aliphatic heterocycles. The molecular formula is C27H32N2O6. The quantitative estimate of drug-likeness (QED) is 0.459. The molecule has 2 amide bonds. The summed E-state index contributed by atoms with van der Waals surface area (Å²) in [6.45, 7) is 1.63. The van der Waals surface area contributed by atoms with Gasteiger partial charge in [0.2, 0.25) is 5.91 Å². The average molecular weight is 481 g/mol. The number of rotatable bonds is 8. The van der Waals surface area contributed by atoms with Gasteiger partial charge in [-0.3, -0.25) is 4.79 Å². The molecule has 8 heteroatoms. The largest absolute Gasteiger partial charge is 0.480 e. The maximum atomic E-state index is 13.0. The number of ether oxygens (including phenoxy) is 1. The van der Waals surface area contributed by atoms with E-state index in [1.807, 2.05) is 24.3 Å². The highest BCUT2D eigenvalue weighted by Crippen LogP contribution is 2.44. The van der Waals surface area contributed by atoms with Gasteiger partial charge in [0, 0.05) is 18.9 Å². The van der Waals surface area contributed by atoms with E-state index in [-0.39, 0.29) is 25.6 Å². The molecule has 0 saturated heterocycles. The molecule has 0 bridgehead atoms. The number of aliphatic hydroxyl groups is 1. The summed E-state index contributed by atoms with van der Waals surface area (Å²) in [6, 6.07) is 15.0. The van der Waals surface area contributed by atoms with Crippen molar-refractivity contribution in [3.8, 4) is 11.1 Å². The molecule has 0 heterocycles. The van der Waals surface area contributed by atoms with Gasteiger partial charge in [-0.1, -0.05) is 61.4 Å². The van der Waals surface area contributed by atoms with Gasteiger partial charge in [0.15, 0.2) is 0 Å². The van der Waals surface area contributed by atoms with Crippen molar-refractivity contribution in [3.05, 3.63) is 59.7 Å². The molecule has 1 saturated carbocycles. The van der Waals surface area contributed by atoms with Crippen LogP contribution in [0, 0.1) is 5.92 Å². The number of benzene rings is 2. The minimum Gasteiger partial charge on any atom is -0.480 e. The number of hydrogen-bond acceptors (Lipinski definition) is 5. The Balaban J connectivity index is 1.43. The van der Waals surface area contributed by atoms with Gasteiger partial charge in [-0.05, 0) is 42.0 Å². The van der Waals surface area contributed by atoms with E-state index in [2.05, 4.69) is 34.9 Å². The van der Waals surface area contributed by atoms with Crippen molar-refractivity contribution in [1.29, 1.82) is 0 Å². The fourth-order valence-corrected chi connectivity index (χ4v) is 5.43. The minimum atomic E-state index is -1.20. The van der Waals surface area contributed by atoms with Crippen molar-refractivity contribution >= 4 is 18.0 Å². The summed E-state index contributed by atoms with van der Waals surface area (Å²) >= 11 is 0. The summed E-state index contributed by atoms with van der Waals surface area (Å²) in [5, 5.41) is 23.9. The van der Waals surface area contributed by atoms with E-state index < -0.39 is 35.5 Å². The summed E-state index contributed by atoms with van der Waals surface area (Å²) in [4.78, 5) is 37.3. The monoisotopic (exact) mass is 480 g/mol. The van der Waals surface area contributed by atoms with Crippen LogP contribution in [0.3, 0.4) is 0 Å². The van der Waals surface area contributed by atoms with Crippen molar-refractivity contribution in [2.24, 2.45) is 5.92 Å². The lowest BCUT2D eigenvalue weighted by molar-refractivity contribution is -0.143. The number of aliphatic hydroxyl groups excluding tert-OH is 1. The van der Waals surface area contributed by atoms with Gasteiger partial charge in [-0.15, -0.1) is 0 Å². The standard InChI is InChI=1S/C27H32N2O6/c1-27(14-7-6-12-22(27)24(31)28-23(13-15-30)25(32)33)29-26(34)35-16-21-19-10-4-2-8-17(19)18-9-3-5-11-20(18)21/h2-5,8-11,21-23,30H,6-7,12-16H2,1H3,(H,28,31)(H,29,34)(H,32,33)/t22?,23-,27?/m0/s1. The molecular weight excluding hydrogens is 448 g/mol. The lowest BCUT2D eigenvalue weighted by Crippen LogP contribution is -2.59. The second-order valence-corrected chi connectivity index (χ2v) is 9.58. The van der Waals surface area contributed by atoms with Crippen LogP contribution in [0.5, 0.6) is 0 Å². The molecule has 3 atom stereocenters. The van der Waals surface area contributed by atoms with Crippen molar-refractivity contribution in [2.45, 2.75) is 56.5 Å². The van der Waals surface area contributed by atoms with Gasteiger partial charge in [-0.25, -0.2) is 9.59 Å². The van der Waals surface area contributed by atoms with Crippen molar-refractivity contribution in [1.82, 2.24) is 10.6 Å². The Kier molecular flexibility index (Phi) is 7.40. The van der Waals surface area contributed by atoms with Crippen LogP contribution in [0.15, 0.2) is 48.5 Å². The number of carbonyl (C=O) groups is 3. The van der Waals surface area contributed by atoms with Crippen LogP contribution in [0.2, 0.25) is 0 Å². The van der Waals surface area contributed by atoms with Crippen LogP contribution in [0.4, 0.5) is 4.79 Å². The number of hydrogen-bond donors (Lipinski definition) is 4. The maximum absolute atomic E-state index is 13.0. The van der Waals surface area contributed by atoms with Crippen LogP contribution in [0.25, 0.3) is 11.1 Å². The van der Waals surface area contributed by atoms with E-state index >= 15 is 0 Å². The fourth-order valence-electron chi connectivity index (χ4n) is 5.43. The first-order valence-corrected chi connectivity index (χ1v) is 12.1. The number of aliphatic carboxylic acids is 1. The number of carbonyl (C=O) groups excluding carboxylic acids is 2. The Morgan fingerprint density at radius 2 is 1.69 bits per heavy atom. The van der Waals surface area contributed by atoms with Crippen molar-refractivity contribution in [2.75, 3.05) is 13.2 Å². The second-order valence-electron chi connectivity index (χ2n) is 9.58. The van der Waals surface area contributed by atoms with Crippen molar-refractivity contribution in [3.63, 3.8) is 0 Å². The molecule has 2 aliphatic carbocycles. The highest BCUT2D eigenvalue weighted by Gasteiger charge is 2.43. The lowest BCUT2D eigenvalue weighted by Gasteiger charge is -2.41. The van der Waals surface area contributed by atoms with Crippen LogP contribution < -0.4 is 10.6 Å². The minimum absolute atomic E-state index is 0.0683. The Morgan fingerprint density at radius 1 is 1.06 bits per heavy atom. The van der Waals surface area contributed by atoms with E-state index in [0.29, 0.717) is 12.8 Å². The summed E-state index contributed by atoms with van der Waals surface area (Å²) in [6.07, 6.45) is 2.06. The highest BCUT2D eigenvalue weighted by molar-refractivity contribution is 5.86. The molecule has 1 fully saturated rings. The van der Waals surface area contributed by atoms with Crippen LogP contribution in [-0.2, 0) is 14.3 Å². The molecule has 2 aromatic rings. The predicted molar refractivity (Wildman–Crippen MR) is 130 cm³/mol. The van der Waals surface area contributed by atoms with Gasteiger partial charge in [0.25, 0.3) is 0 Å². The first-order chi connectivity index (χ1) is 16.8. The molecule has 2 aromatic carbocycles. The van der Waals surface area contributed by atoms with Gasteiger partial charge in [0.05, 0.1) is 11.5 Å². The Morgan fingerprint density at radius 3 is 2.29 bits per heavy atom. The molecule has 186 valence electrons. The number of nitrogens with one attached hydrogen (secondary N) is 2. The SMILES string of the molecule is CC1(NC(=O)OCC2c3ccccc3-c3ccccc32)CCCCC1C(=O)N[C@@H](CCO)C(=O)O. The third kappa shape index (κ3) is 5.17. The summed E-state index contributed by atoms with van der Waals surface area (Å²) in [5.74, 6) is -2.31. The number of alkyl carbamates (subject to hydrolysis) is 1. The lowest BCUT2D eigenvalue weighted by atomic mass is 9.73. The van der Waals surface area contributed by atoms with E-state index in [1.54, 1.807) is 6.92 Å². The molecule has 4 N–H and O–H groups in total. The van der Waals surface area contributed by atoms with Crippen molar-refractivity contribution < 1.29 is 29.3 Å². The fraction of sp³-hybridized carbons (Fsp3) is 0.444. The van der Waals surface area contributed by atoms with Gasteiger partial charge < -0.3 is 25.6 Å². The normalized spacial score (nSPS) is 21.9. The first kappa shape index (κ1) is 24.7. The summed E-state index contributed by atoms with van der Waals surface area (Å²) in [7, 11) is 0. The first-order valence-electron chi connectivity index (χ1n) is 12.1. The van der Waals surface area contributed by atoms with E-state index in [4.69, 9.17) is 9.84 Å². The smallest absolute Gasteiger partial charge is 0.407 e. The van der Waals surface area contributed by atoms with Gasteiger partial charge in [-0.2, -0.15) is 0 Å². The molecule has 0 radical (unpaired) electrons. The number of carboxylic acids is 1. The summed E-state index contributed by atoms with van der Waals surface area (Å²) < 4.78 is 5.68. The number of fused-ring (bicyclic) bond motifs is 3. The van der Waals surface area contributed by atoms with E-state index in [0.717, 1.165) is 35.1 Å². The topological polar surface area (TPSA) is 125 Å². The zero-order chi connectivity index (χ0) is 25.0. The molecule has 35 heavy (non-hydrogen) atoms. The molecule has 0 spiro atoms. The Labute approximate surface area is 204 Å². The maximum Gasteiger partial charge on any atom is 0.407 e.